The molecule has 1 heterocycles. The third-order valence-corrected chi connectivity index (χ3v) is 3.41. The van der Waals surface area contributed by atoms with E-state index in [2.05, 4.69) is 19.1 Å². The molecule has 1 N–H and O–H groups in total. The zero-order valence-electron chi connectivity index (χ0n) is 11.3. The van der Waals surface area contributed by atoms with Gasteiger partial charge in [-0.1, -0.05) is 25.5 Å². The summed E-state index contributed by atoms with van der Waals surface area (Å²) in [5.41, 5.74) is 2.30. The number of hydrogen-bond donors (Lipinski definition) is 1. The van der Waals surface area contributed by atoms with Gasteiger partial charge >= 0.3 is 0 Å². The Morgan fingerprint density at radius 3 is 2.74 bits per heavy atom. The minimum Gasteiger partial charge on any atom is -0.396 e. The second kappa shape index (κ2) is 6.68. The highest BCUT2D eigenvalue weighted by molar-refractivity contribution is 5.65. The molecular weight excluding hydrogens is 242 g/mol. The van der Waals surface area contributed by atoms with E-state index >= 15 is 0 Å². The number of ether oxygens (including phenoxy) is 1. The SMILES string of the molecule is CCCc1ccc(N2CC(CCO)OC2C=O)cc1. The normalized spacial score (nSPS) is 22.7. The number of anilines is 1. The first-order chi connectivity index (χ1) is 9.28. The van der Waals surface area contributed by atoms with Crippen LogP contribution in [0.5, 0.6) is 0 Å². The topological polar surface area (TPSA) is 49.8 Å². The van der Waals surface area contributed by atoms with Gasteiger partial charge in [-0.05, 0) is 30.5 Å². The monoisotopic (exact) mass is 263 g/mol. The van der Waals surface area contributed by atoms with E-state index in [9.17, 15) is 4.79 Å². The van der Waals surface area contributed by atoms with Crippen molar-refractivity contribution in [1.29, 1.82) is 0 Å². The first-order valence-corrected chi connectivity index (χ1v) is 6.85. The van der Waals surface area contributed by atoms with E-state index in [1.165, 1.54) is 5.56 Å². The molecule has 4 heteroatoms. The van der Waals surface area contributed by atoms with Gasteiger partial charge in [-0.3, -0.25) is 4.79 Å². The van der Waals surface area contributed by atoms with Gasteiger partial charge in [0.25, 0.3) is 0 Å². The first kappa shape index (κ1) is 14.0. The van der Waals surface area contributed by atoms with Crippen LogP contribution in [0.4, 0.5) is 5.69 Å². The summed E-state index contributed by atoms with van der Waals surface area (Å²) in [7, 11) is 0. The van der Waals surface area contributed by atoms with Crippen molar-refractivity contribution < 1.29 is 14.6 Å². The van der Waals surface area contributed by atoms with Gasteiger partial charge in [-0.25, -0.2) is 0 Å². The highest BCUT2D eigenvalue weighted by Gasteiger charge is 2.32. The summed E-state index contributed by atoms with van der Waals surface area (Å²) in [6.45, 7) is 2.89. The van der Waals surface area contributed by atoms with E-state index in [1.807, 2.05) is 17.0 Å². The predicted molar refractivity (Wildman–Crippen MR) is 74.2 cm³/mol. The molecule has 4 nitrogen and oxygen atoms in total. The van der Waals surface area contributed by atoms with E-state index < -0.39 is 6.23 Å². The number of hydrogen-bond acceptors (Lipinski definition) is 4. The van der Waals surface area contributed by atoms with Crippen LogP contribution in [0.1, 0.15) is 25.3 Å². The Hall–Kier alpha value is -1.39. The fourth-order valence-electron chi connectivity index (χ4n) is 2.44. The van der Waals surface area contributed by atoms with Gasteiger partial charge in [0.05, 0.1) is 6.10 Å². The van der Waals surface area contributed by atoms with Crippen molar-refractivity contribution in [2.24, 2.45) is 0 Å². The van der Waals surface area contributed by atoms with Crippen LogP contribution in [0.2, 0.25) is 0 Å². The van der Waals surface area contributed by atoms with Crippen LogP contribution in [0, 0.1) is 0 Å². The summed E-state index contributed by atoms with van der Waals surface area (Å²) < 4.78 is 5.59. The third-order valence-electron chi connectivity index (χ3n) is 3.41. The molecule has 0 aliphatic carbocycles. The summed E-state index contributed by atoms with van der Waals surface area (Å²) in [4.78, 5) is 13.0. The number of aliphatic hydroxyl groups is 1. The number of aryl methyl sites for hydroxylation is 1. The van der Waals surface area contributed by atoms with Gasteiger partial charge < -0.3 is 14.7 Å². The van der Waals surface area contributed by atoms with Crippen molar-refractivity contribution in [3.63, 3.8) is 0 Å². The average molecular weight is 263 g/mol. The molecule has 1 saturated heterocycles. The van der Waals surface area contributed by atoms with Crippen molar-refractivity contribution in [1.82, 2.24) is 0 Å². The Morgan fingerprint density at radius 2 is 2.16 bits per heavy atom. The van der Waals surface area contributed by atoms with Crippen LogP contribution in [0.3, 0.4) is 0 Å². The van der Waals surface area contributed by atoms with Crippen molar-refractivity contribution in [3.05, 3.63) is 29.8 Å². The molecule has 1 aromatic rings. The van der Waals surface area contributed by atoms with Gasteiger partial charge in [0, 0.05) is 18.8 Å². The fraction of sp³-hybridized carbons (Fsp3) is 0.533. The van der Waals surface area contributed by atoms with Crippen LogP contribution in [0.15, 0.2) is 24.3 Å². The Balaban J connectivity index is 2.08. The summed E-state index contributed by atoms with van der Waals surface area (Å²) >= 11 is 0. The number of rotatable bonds is 6. The molecule has 1 aliphatic rings. The molecule has 2 rings (SSSR count). The second-order valence-corrected chi connectivity index (χ2v) is 4.87. The largest absolute Gasteiger partial charge is 0.396 e. The lowest BCUT2D eigenvalue weighted by molar-refractivity contribution is -0.117. The Kier molecular flexibility index (Phi) is 4.93. The van der Waals surface area contributed by atoms with E-state index in [4.69, 9.17) is 9.84 Å². The van der Waals surface area contributed by atoms with Gasteiger partial charge in [-0.2, -0.15) is 0 Å². The number of carbonyl (C=O) groups is 1. The van der Waals surface area contributed by atoms with Crippen LogP contribution in [-0.4, -0.2) is 36.9 Å². The molecule has 0 aromatic heterocycles. The lowest BCUT2D eigenvalue weighted by Crippen LogP contribution is -2.31. The number of aliphatic hydroxyl groups excluding tert-OH is 1. The Bertz CT molecular complexity index is 404. The summed E-state index contributed by atoms with van der Waals surface area (Å²) in [5.74, 6) is 0. The van der Waals surface area contributed by atoms with E-state index in [0.717, 1.165) is 24.8 Å². The van der Waals surface area contributed by atoms with Crippen LogP contribution >= 0.6 is 0 Å². The summed E-state index contributed by atoms with van der Waals surface area (Å²) in [6, 6.07) is 8.26. The maximum absolute atomic E-state index is 11.1. The molecule has 104 valence electrons. The first-order valence-electron chi connectivity index (χ1n) is 6.85. The zero-order chi connectivity index (χ0) is 13.7. The quantitative estimate of drug-likeness (QED) is 0.794. The van der Waals surface area contributed by atoms with Crippen LogP contribution in [-0.2, 0) is 16.0 Å². The minimum absolute atomic E-state index is 0.0736. The fourth-order valence-corrected chi connectivity index (χ4v) is 2.44. The standard InChI is InChI=1S/C15H21NO3/c1-2-3-12-4-6-13(7-5-12)16-10-14(8-9-17)19-15(16)11-18/h4-7,11,14-15,17H,2-3,8-10H2,1H3. The smallest absolute Gasteiger partial charge is 0.187 e. The molecule has 19 heavy (non-hydrogen) atoms. The highest BCUT2D eigenvalue weighted by Crippen LogP contribution is 2.25. The molecule has 0 spiro atoms. The van der Waals surface area contributed by atoms with Crippen molar-refractivity contribution in [3.8, 4) is 0 Å². The summed E-state index contributed by atoms with van der Waals surface area (Å²) in [5, 5.41) is 8.95. The molecule has 0 amide bonds. The molecule has 0 bridgehead atoms. The van der Waals surface area contributed by atoms with Crippen molar-refractivity contribution >= 4 is 12.0 Å². The molecule has 2 atom stereocenters. The second-order valence-electron chi connectivity index (χ2n) is 4.87. The van der Waals surface area contributed by atoms with Crippen molar-refractivity contribution in [2.45, 2.75) is 38.5 Å². The van der Waals surface area contributed by atoms with Crippen LogP contribution in [0.25, 0.3) is 0 Å². The molecule has 2 unspecified atom stereocenters. The number of benzene rings is 1. The number of aldehydes is 1. The van der Waals surface area contributed by atoms with E-state index in [0.29, 0.717) is 13.0 Å². The maximum atomic E-state index is 11.1. The van der Waals surface area contributed by atoms with Crippen LogP contribution < -0.4 is 4.90 Å². The van der Waals surface area contributed by atoms with Gasteiger partial charge in [0.15, 0.2) is 12.5 Å². The maximum Gasteiger partial charge on any atom is 0.187 e. The molecule has 1 aliphatic heterocycles. The molecule has 0 saturated carbocycles. The Morgan fingerprint density at radius 1 is 1.42 bits per heavy atom. The minimum atomic E-state index is -0.534. The van der Waals surface area contributed by atoms with Gasteiger partial charge in [-0.15, -0.1) is 0 Å². The highest BCUT2D eigenvalue weighted by atomic mass is 16.5. The van der Waals surface area contributed by atoms with Crippen molar-refractivity contribution in [2.75, 3.05) is 18.1 Å². The zero-order valence-corrected chi connectivity index (χ0v) is 11.3. The average Bonchev–Trinajstić information content (AvgIpc) is 2.83. The molecule has 1 aromatic carbocycles. The molecule has 1 fully saturated rings. The summed E-state index contributed by atoms with van der Waals surface area (Å²) in [6.07, 6.45) is 2.97. The predicted octanol–water partition coefficient (Wildman–Crippen LogP) is 1.75. The van der Waals surface area contributed by atoms with Gasteiger partial charge in [0.1, 0.15) is 0 Å². The number of nitrogens with zero attached hydrogens (tertiary/aromatic N) is 1. The Labute approximate surface area is 114 Å². The van der Waals surface area contributed by atoms with Gasteiger partial charge in [0.2, 0.25) is 0 Å². The third kappa shape index (κ3) is 3.33. The molecular formula is C15H21NO3. The van der Waals surface area contributed by atoms with E-state index in [1.54, 1.807) is 0 Å². The lowest BCUT2D eigenvalue weighted by atomic mass is 10.1. The molecule has 0 radical (unpaired) electrons. The number of carbonyl (C=O) groups excluding carboxylic acids is 1. The van der Waals surface area contributed by atoms with E-state index in [-0.39, 0.29) is 12.7 Å². The lowest BCUT2D eigenvalue weighted by Gasteiger charge is -2.21.